The fraction of sp³-hybridized carbons (Fsp3) is 0.625. The van der Waals surface area contributed by atoms with Gasteiger partial charge in [0, 0.05) is 19.0 Å². The molecule has 0 rings (SSSR count). The van der Waals surface area contributed by atoms with Crippen LogP contribution in [0.15, 0.2) is 16.3 Å². The van der Waals surface area contributed by atoms with Crippen LogP contribution in [0, 0.1) is 5.92 Å². The number of nitrogens with zero attached hydrogens (tertiary/aromatic N) is 1. The molecule has 0 aliphatic rings. The van der Waals surface area contributed by atoms with E-state index in [4.69, 9.17) is 5.73 Å². The standard InChI is InChI=1S/C8H16N2/c1-6(2)8(5-10-4)7(3)9/h5-6H,9H2,1-4H3/b8-7+,10-5?. The van der Waals surface area contributed by atoms with Gasteiger partial charge in [0.1, 0.15) is 0 Å². The van der Waals surface area contributed by atoms with Crippen molar-refractivity contribution in [2.24, 2.45) is 16.6 Å². The van der Waals surface area contributed by atoms with Crippen LogP contribution in [-0.2, 0) is 0 Å². The van der Waals surface area contributed by atoms with Gasteiger partial charge in [-0.2, -0.15) is 0 Å². The second-order valence-corrected chi connectivity index (χ2v) is 2.68. The summed E-state index contributed by atoms with van der Waals surface area (Å²) in [6, 6.07) is 0. The molecule has 0 fully saturated rings. The maximum absolute atomic E-state index is 5.61. The number of aliphatic imine (C=N–C) groups is 1. The van der Waals surface area contributed by atoms with Crippen molar-refractivity contribution in [1.29, 1.82) is 0 Å². The molecule has 0 spiro atoms. The molecule has 10 heavy (non-hydrogen) atoms. The Labute approximate surface area is 62.8 Å². The monoisotopic (exact) mass is 140 g/mol. The van der Waals surface area contributed by atoms with Crippen molar-refractivity contribution in [3.63, 3.8) is 0 Å². The molecule has 2 heteroatoms. The molecule has 0 bridgehead atoms. The average Bonchev–Trinajstić information content (AvgIpc) is 1.81. The first-order valence-electron chi connectivity index (χ1n) is 3.48. The third-order valence-electron chi connectivity index (χ3n) is 1.35. The summed E-state index contributed by atoms with van der Waals surface area (Å²) in [6.45, 7) is 6.11. The fourth-order valence-corrected chi connectivity index (χ4v) is 0.845. The van der Waals surface area contributed by atoms with Crippen molar-refractivity contribution in [2.75, 3.05) is 7.05 Å². The number of hydrogen-bond acceptors (Lipinski definition) is 2. The van der Waals surface area contributed by atoms with Gasteiger partial charge in [-0.05, 0) is 18.4 Å². The molecule has 0 unspecified atom stereocenters. The van der Waals surface area contributed by atoms with Crippen molar-refractivity contribution >= 4 is 6.21 Å². The lowest BCUT2D eigenvalue weighted by molar-refractivity contribution is 0.792. The molecule has 0 aliphatic heterocycles. The Bertz CT molecular complexity index is 151. The molecular weight excluding hydrogens is 124 g/mol. The molecule has 0 aromatic heterocycles. The zero-order chi connectivity index (χ0) is 8.15. The number of rotatable bonds is 2. The second kappa shape index (κ2) is 4.09. The van der Waals surface area contributed by atoms with Crippen LogP contribution in [-0.4, -0.2) is 13.3 Å². The van der Waals surface area contributed by atoms with Crippen LogP contribution < -0.4 is 5.73 Å². The second-order valence-electron chi connectivity index (χ2n) is 2.68. The molecule has 0 heterocycles. The van der Waals surface area contributed by atoms with Gasteiger partial charge in [0.15, 0.2) is 0 Å². The van der Waals surface area contributed by atoms with E-state index in [-0.39, 0.29) is 0 Å². The van der Waals surface area contributed by atoms with Crippen molar-refractivity contribution in [3.8, 4) is 0 Å². The highest BCUT2D eigenvalue weighted by atomic mass is 14.7. The molecule has 2 N–H and O–H groups in total. The van der Waals surface area contributed by atoms with Gasteiger partial charge in [0.25, 0.3) is 0 Å². The summed E-state index contributed by atoms with van der Waals surface area (Å²) in [6.07, 6.45) is 1.82. The Morgan fingerprint density at radius 1 is 1.50 bits per heavy atom. The highest BCUT2D eigenvalue weighted by Gasteiger charge is 2.00. The summed E-state index contributed by atoms with van der Waals surface area (Å²) in [5, 5.41) is 0. The van der Waals surface area contributed by atoms with Gasteiger partial charge in [-0.15, -0.1) is 0 Å². The zero-order valence-electron chi connectivity index (χ0n) is 7.18. The molecule has 0 amide bonds. The average molecular weight is 140 g/mol. The molecule has 0 aromatic carbocycles. The van der Waals surface area contributed by atoms with Gasteiger partial charge in [-0.1, -0.05) is 13.8 Å². The summed E-state index contributed by atoms with van der Waals surface area (Å²) < 4.78 is 0. The number of allylic oxidation sites excluding steroid dienone is 2. The van der Waals surface area contributed by atoms with Gasteiger partial charge in [0.2, 0.25) is 0 Å². The SMILES string of the molecule is CN=C/C(=C(/C)N)C(C)C. The van der Waals surface area contributed by atoms with Crippen molar-refractivity contribution in [3.05, 3.63) is 11.3 Å². The fourth-order valence-electron chi connectivity index (χ4n) is 0.845. The summed E-state index contributed by atoms with van der Waals surface area (Å²) in [5.74, 6) is 0.466. The Hall–Kier alpha value is -0.790. The minimum atomic E-state index is 0.466. The predicted molar refractivity (Wildman–Crippen MR) is 46.1 cm³/mol. The lowest BCUT2D eigenvalue weighted by Crippen LogP contribution is -2.05. The van der Waals surface area contributed by atoms with Gasteiger partial charge in [-0.25, -0.2) is 0 Å². The molecule has 0 radical (unpaired) electrons. The summed E-state index contributed by atoms with van der Waals surface area (Å²) in [4.78, 5) is 3.92. The topological polar surface area (TPSA) is 38.4 Å². The maximum atomic E-state index is 5.61. The van der Waals surface area contributed by atoms with E-state index in [9.17, 15) is 0 Å². The van der Waals surface area contributed by atoms with Crippen molar-refractivity contribution < 1.29 is 0 Å². The van der Waals surface area contributed by atoms with Crippen LogP contribution in [0.4, 0.5) is 0 Å². The molecule has 2 nitrogen and oxygen atoms in total. The zero-order valence-corrected chi connectivity index (χ0v) is 7.18. The van der Waals surface area contributed by atoms with Crippen LogP contribution in [0.25, 0.3) is 0 Å². The van der Waals surface area contributed by atoms with Crippen LogP contribution in [0.2, 0.25) is 0 Å². The number of nitrogens with two attached hydrogens (primary N) is 1. The quantitative estimate of drug-likeness (QED) is 0.581. The van der Waals surface area contributed by atoms with E-state index in [1.807, 2.05) is 13.1 Å². The van der Waals surface area contributed by atoms with E-state index in [1.54, 1.807) is 7.05 Å². The van der Waals surface area contributed by atoms with Gasteiger partial charge in [-0.3, -0.25) is 4.99 Å². The molecule has 0 aliphatic carbocycles. The van der Waals surface area contributed by atoms with Crippen LogP contribution in [0.1, 0.15) is 20.8 Å². The molecule has 0 atom stereocenters. The van der Waals surface area contributed by atoms with Crippen LogP contribution in [0.3, 0.4) is 0 Å². The van der Waals surface area contributed by atoms with E-state index < -0.39 is 0 Å². The molecule has 58 valence electrons. The van der Waals surface area contributed by atoms with E-state index in [1.165, 1.54) is 0 Å². The van der Waals surface area contributed by atoms with Gasteiger partial charge < -0.3 is 5.73 Å². The van der Waals surface area contributed by atoms with Gasteiger partial charge >= 0.3 is 0 Å². The Kier molecular flexibility index (Phi) is 3.77. The number of hydrogen-bond donors (Lipinski definition) is 1. The van der Waals surface area contributed by atoms with E-state index >= 15 is 0 Å². The Balaban J connectivity index is 4.44. The molecule has 0 saturated heterocycles. The molecule has 0 saturated carbocycles. The Morgan fingerprint density at radius 2 is 2.00 bits per heavy atom. The van der Waals surface area contributed by atoms with Crippen molar-refractivity contribution in [1.82, 2.24) is 0 Å². The molecule has 0 aromatic rings. The normalized spacial score (nSPS) is 14.5. The Morgan fingerprint density at radius 3 is 2.10 bits per heavy atom. The first-order chi connectivity index (χ1) is 4.59. The van der Waals surface area contributed by atoms with Crippen molar-refractivity contribution in [2.45, 2.75) is 20.8 Å². The highest BCUT2D eigenvalue weighted by molar-refractivity contribution is 5.79. The van der Waals surface area contributed by atoms with E-state index in [2.05, 4.69) is 18.8 Å². The molecular formula is C8H16N2. The summed E-state index contributed by atoms with van der Waals surface area (Å²) >= 11 is 0. The maximum Gasteiger partial charge on any atom is 0.0277 e. The lowest BCUT2D eigenvalue weighted by atomic mass is 10.0. The largest absolute Gasteiger partial charge is 0.402 e. The first kappa shape index (κ1) is 9.21. The predicted octanol–water partition coefficient (Wildman–Crippen LogP) is 1.58. The third kappa shape index (κ3) is 2.67. The minimum Gasteiger partial charge on any atom is -0.402 e. The van der Waals surface area contributed by atoms with Crippen LogP contribution in [0.5, 0.6) is 0 Å². The third-order valence-corrected chi connectivity index (χ3v) is 1.35. The summed E-state index contributed by atoms with van der Waals surface area (Å²) in [5.41, 5.74) is 7.60. The van der Waals surface area contributed by atoms with Crippen LogP contribution >= 0.6 is 0 Å². The van der Waals surface area contributed by atoms with E-state index in [0.717, 1.165) is 11.3 Å². The summed E-state index contributed by atoms with van der Waals surface area (Å²) in [7, 11) is 1.76. The lowest BCUT2D eigenvalue weighted by Gasteiger charge is -2.06. The van der Waals surface area contributed by atoms with E-state index in [0.29, 0.717) is 5.92 Å². The minimum absolute atomic E-state index is 0.466. The first-order valence-corrected chi connectivity index (χ1v) is 3.48. The highest BCUT2D eigenvalue weighted by Crippen LogP contribution is 2.08. The smallest absolute Gasteiger partial charge is 0.0277 e. The van der Waals surface area contributed by atoms with Gasteiger partial charge in [0.05, 0.1) is 0 Å².